The first-order valence-electron chi connectivity index (χ1n) is 5.81. The van der Waals surface area contributed by atoms with Crippen LogP contribution in [0.5, 0.6) is 0 Å². The van der Waals surface area contributed by atoms with Crippen molar-refractivity contribution < 1.29 is 34.0 Å². The van der Waals surface area contributed by atoms with Crippen molar-refractivity contribution in [2.75, 3.05) is 6.61 Å². The average molecular weight is 262 g/mol. The Kier molecular flexibility index (Phi) is 3.61. The van der Waals surface area contributed by atoms with Gasteiger partial charge in [-0.3, -0.25) is 4.79 Å². The van der Waals surface area contributed by atoms with Gasteiger partial charge in [0.15, 0.2) is 24.3 Å². The van der Waals surface area contributed by atoms with E-state index in [9.17, 15) is 9.90 Å². The van der Waals surface area contributed by atoms with E-state index < -0.39 is 49.1 Å². The van der Waals surface area contributed by atoms with Crippen molar-refractivity contribution in [1.82, 2.24) is 0 Å². The number of carbonyl (C=O) groups excluding carboxylic acids is 1. The van der Waals surface area contributed by atoms with Gasteiger partial charge in [0.25, 0.3) is 0 Å². The van der Waals surface area contributed by atoms with Crippen LogP contribution in [0.4, 0.5) is 0 Å². The monoisotopic (exact) mass is 262 g/mol. The van der Waals surface area contributed by atoms with Crippen LogP contribution in [-0.4, -0.2) is 59.3 Å². The van der Waals surface area contributed by atoms with Crippen LogP contribution in [0.3, 0.4) is 0 Å². The molecule has 2 saturated heterocycles. The van der Waals surface area contributed by atoms with Crippen molar-refractivity contribution in [2.24, 2.45) is 0 Å². The van der Waals surface area contributed by atoms with Crippen LogP contribution in [-0.2, 0) is 23.7 Å². The van der Waals surface area contributed by atoms with Crippen LogP contribution in [0.25, 0.3) is 0 Å². The Bertz CT molecular complexity index is 329. The number of aliphatic hydroxyl groups is 2. The topological polar surface area (TPSA) is 94.5 Å². The summed E-state index contributed by atoms with van der Waals surface area (Å²) in [6, 6.07) is 0. The lowest BCUT2D eigenvalue weighted by molar-refractivity contribution is -0.230. The first-order chi connectivity index (χ1) is 8.34. The molecule has 0 aromatic rings. The molecule has 0 aromatic heterocycles. The predicted molar refractivity (Wildman–Crippen MR) is 57.3 cm³/mol. The summed E-state index contributed by atoms with van der Waals surface area (Å²) < 4.78 is 21.6. The number of esters is 1. The van der Waals surface area contributed by atoms with Gasteiger partial charge in [0, 0.05) is 6.92 Å². The molecule has 2 N–H and O–H groups in total. The Morgan fingerprint density at radius 2 is 2.11 bits per heavy atom. The molecule has 0 saturated carbocycles. The normalized spacial score (nSPS) is 39.4. The Hall–Kier alpha value is -0.730. The summed E-state index contributed by atoms with van der Waals surface area (Å²) in [4.78, 5) is 11.1. The average Bonchev–Trinajstić information content (AvgIpc) is 2.71. The third-order valence-corrected chi connectivity index (χ3v) is 2.90. The molecule has 0 aromatic carbocycles. The van der Waals surface area contributed by atoms with Gasteiger partial charge in [0.05, 0.1) is 6.61 Å². The summed E-state index contributed by atoms with van der Waals surface area (Å²) in [5.41, 5.74) is 0. The van der Waals surface area contributed by atoms with E-state index in [1.165, 1.54) is 6.92 Å². The second-order valence-electron chi connectivity index (χ2n) is 4.89. The van der Waals surface area contributed by atoms with Gasteiger partial charge in [-0.2, -0.15) is 0 Å². The zero-order chi connectivity index (χ0) is 13.5. The van der Waals surface area contributed by atoms with Crippen molar-refractivity contribution in [3.8, 4) is 0 Å². The molecule has 0 spiro atoms. The molecule has 18 heavy (non-hydrogen) atoms. The Morgan fingerprint density at radius 1 is 1.44 bits per heavy atom. The van der Waals surface area contributed by atoms with Gasteiger partial charge in [-0.1, -0.05) is 0 Å². The highest BCUT2D eigenvalue weighted by Crippen LogP contribution is 2.39. The highest BCUT2D eigenvalue weighted by molar-refractivity contribution is 5.66. The molecule has 5 atom stereocenters. The fourth-order valence-corrected chi connectivity index (χ4v) is 2.24. The molecule has 0 aliphatic carbocycles. The van der Waals surface area contributed by atoms with Crippen LogP contribution < -0.4 is 0 Å². The van der Waals surface area contributed by atoms with E-state index >= 15 is 0 Å². The molecule has 7 heteroatoms. The Morgan fingerprint density at radius 3 is 2.67 bits per heavy atom. The summed E-state index contributed by atoms with van der Waals surface area (Å²) in [6.45, 7) is 4.20. The third-order valence-electron chi connectivity index (χ3n) is 2.90. The zero-order valence-electron chi connectivity index (χ0n) is 10.5. The Labute approximate surface area is 105 Å². The van der Waals surface area contributed by atoms with Gasteiger partial charge in [-0.05, 0) is 13.8 Å². The number of hydrogen-bond acceptors (Lipinski definition) is 7. The summed E-state index contributed by atoms with van der Waals surface area (Å²) in [5, 5.41) is 18.6. The summed E-state index contributed by atoms with van der Waals surface area (Å²) in [6.07, 6.45) is -4.12. The standard InChI is InChI=1S/C11H18O7/c1-5(13)15-8-7(6(14)4-12)16-10-9(8)17-11(2,3)18-10/h6-10,12,14H,4H2,1-3H3/t6-,7+,8-,9+,10+/m1/s1. The summed E-state index contributed by atoms with van der Waals surface area (Å²) in [7, 11) is 0. The number of ether oxygens (including phenoxy) is 4. The molecule has 0 bridgehead atoms. The molecule has 0 radical (unpaired) electrons. The molecule has 104 valence electrons. The molecular formula is C11H18O7. The van der Waals surface area contributed by atoms with E-state index in [2.05, 4.69) is 0 Å². The maximum absolute atomic E-state index is 11.1. The SMILES string of the molecule is CC(=O)O[C@H]1[C@@H]2OC(C)(C)O[C@@H]2O[C@H]1[C@H](O)CO. The first-order valence-corrected chi connectivity index (χ1v) is 5.81. The highest BCUT2D eigenvalue weighted by Gasteiger charge is 2.57. The van der Waals surface area contributed by atoms with Crippen LogP contribution >= 0.6 is 0 Å². The number of rotatable bonds is 3. The minimum atomic E-state index is -1.16. The van der Waals surface area contributed by atoms with Gasteiger partial charge in [0.1, 0.15) is 12.2 Å². The van der Waals surface area contributed by atoms with Gasteiger partial charge in [-0.15, -0.1) is 0 Å². The molecular weight excluding hydrogens is 244 g/mol. The van der Waals surface area contributed by atoms with Gasteiger partial charge < -0.3 is 29.2 Å². The number of carbonyl (C=O) groups is 1. The quantitative estimate of drug-likeness (QED) is 0.639. The lowest BCUT2D eigenvalue weighted by atomic mass is 10.1. The maximum atomic E-state index is 11.1. The second-order valence-corrected chi connectivity index (χ2v) is 4.89. The number of hydrogen-bond donors (Lipinski definition) is 2. The second kappa shape index (κ2) is 4.75. The van der Waals surface area contributed by atoms with Crippen molar-refractivity contribution in [2.45, 2.75) is 57.3 Å². The minimum absolute atomic E-state index is 0.495. The van der Waals surface area contributed by atoms with Gasteiger partial charge >= 0.3 is 5.97 Å². The molecule has 2 heterocycles. The summed E-state index contributed by atoms with van der Waals surface area (Å²) in [5.74, 6) is -1.34. The van der Waals surface area contributed by atoms with Crippen molar-refractivity contribution in [3.05, 3.63) is 0 Å². The highest BCUT2D eigenvalue weighted by atomic mass is 16.8. The largest absolute Gasteiger partial charge is 0.457 e. The van der Waals surface area contributed by atoms with Crippen LogP contribution in [0.15, 0.2) is 0 Å². The fourth-order valence-electron chi connectivity index (χ4n) is 2.24. The van der Waals surface area contributed by atoms with Gasteiger partial charge in [-0.25, -0.2) is 0 Å². The maximum Gasteiger partial charge on any atom is 0.303 e. The van der Waals surface area contributed by atoms with Crippen LogP contribution in [0.2, 0.25) is 0 Å². The van der Waals surface area contributed by atoms with Crippen molar-refractivity contribution in [1.29, 1.82) is 0 Å². The van der Waals surface area contributed by atoms with E-state index in [1.807, 2.05) is 0 Å². The zero-order valence-corrected chi connectivity index (χ0v) is 10.5. The molecule has 0 amide bonds. The molecule has 2 aliphatic heterocycles. The fraction of sp³-hybridized carbons (Fsp3) is 0.909. The number of aliphatic hydroxyl groups excluding tert-OH is 2. The van der Waals surface area contributed by atoms with E-state index in [1.54, 1.807) is 13.8 Å². The lowest BCUT2D eigenvalue weighted by Gasteiger charge is -2.27. The van der Waals surface area contributed by atoms with E-state index in [0.717, 1.165) is 0 Å². The molecule has 2 fully saturated rings. The van der Waals surface area contributed by atoms with Gasteiger partial charge in [0.2, 0.25) is 0 Å². The molecule has 2 rings (SSSR count). The Balaban J connectivity index is 2.14. The van der Waals surface area contributed by atoms with Crippen molar-refractivity contribution >= 4 is 5.97 Å². The molecule has 2 aliphatic rings. The molecule has 7 nitrogen and oxygen atoms in total. The molecule has 0 unspecified atom stereocenters. The third kappa shape index (κ3) is 2.50. The first kappa shape index (κ1) is 13.7. The van der Waals surface area contributed by atoms with Crippen LogP contribution in [0.1, 0.15) is 20.8 Å². The minimum Gasteiger partial charge on any atom is -0.457 e. The van der Waals surface area contributed by atoms with E-state index in [4.69, 9.17) is 24.1 Å². The van der Waals surface area contributed by atoms with Crippen molar-refractivity contribution in [3.63, 3.8) is 0 Å². The predicted octanol–water partition coefficient (Wildman–Crippen LogP) is -0.852. The lowest BCUT2D eigenvalue weighted by Crippen LogP contribution is -2.44. The smallest absolute Gasteiger partial charge is 0.303 e. The number of fused-ring (bicyclic) bond motifs is 1. The van der Waals surface area contributed by atoms with Crippen LogP contribution in [0, 0.1) is 0 Å². The van der Waals surface area contributed by atoms with E-state index in [0.29, 0.717) is 0 Å². The summed E-state index contributed by atoms with van der Waals surface area (Å²) >= 11 is 0. The van der Waals surface area contributed by atoms with E-state index in [-0.39, 0.29) is 0 Å².